The number of hydrogen-bond acceptors (Lipinski definition) is 4. The van der Waals surface area contributed by atoms with Crippen LogP contribution in [0.2, 0.25) is 0 Å². The Labute approximate surface area is 192 Å². The smallest absolute Gasteiger partial charge is 0.267 e. The minimum Gasteiger partial charge on any atom is -0.392 e. The maximum absolute atomic E-state index is 12.8. The summed E-state index contributed by atoms with van der Waals surface area (Å²) in [5, 5.41) is 14.6. The van der Waals surface area contributed by atoms with Gasteiger partial charge in [0.25, 0.3) is 5.91 Å². The molecule has 0 aliphatic carbocycles. The van der Waals surface area contributed by atoms with Gasteiger partial charge < -0.3 is 16.2 Å². The third-order valence-corrected chi connectivity index (χ3v) is 5.91. The number of aromatic nitrogens is 1. The number of carbonyl (C=O) groups excluding carboxylic acids is 2. The van der Waals surface area contributed by atoms with Crippen LogP contribution in [0.4, 0.5) is 0 Å². The lowest BCUT2D eigenvalue weighted by molar-refractivity contribution is -0.124. The minimum atomic E-state index is -0.947. The number of rotatable bonds is 15. The van der Waals surface area contributed by atoms with E-state index in [1.807, 2.05) is 12.1 Å². The summed E-state index contributed by atoms with van der Waals surface area (Å²) in [6, 6.07) is 9.02. The number of amides is 2. The number of nitrogens with two attached hydrogens (primary N) is 1. The first kappa shape index (κ1) is 25.8. The van der Waals surface area contributed by atoms with E-state index < -0.39 is 17.9 Å². The topological polar surface area (TPSA) is 105 Å². The van der Waals surface area contributed by atoms with Crippen molar-refractivity contribution in [2.45, 2.75) is 90.1 Å². The molecule has 0 fully saturated rings. The van der Waals surface area contributed by atoms with Crippen molar-refractivity contribution in [2.24, 2.45) is 5.73 Å². The first-order valence-electron chi connectivity index (χ1n) is 12.1. The number of nitrogens with zero attached hydrogens (tertiary/aromatic N) is 1. The second kappa shape index (κ2) is 13.8. The highest BCUT2D eigenvalue weighted by Crippen LogP contribution is 2.25. The van der Waals surface area contributed by atoms with Gasteiger partial charge in [0.1, 0.15) is 11.6 Å². The minimum absolute atomic E-state index is 0.117. The van der Waals surface area contributed by atoms with Gasteiger partial charge in [-0.15, -0.1) is 0 Å². The molecule has 1 aromatic heterocycles. The highest BCUT2D eigenvalue weighted by molar-refractivity contribution is 6.05. The number of aliphatic hydroxyl groups is 1. The number of pyridine rings is 1. The van der Waals surface area contributed by atoms with E-state index in [0.717, 1.165) is 18.2 Å². The van der Waals surface area contributed by atoms with Crippen LogP contribution in [-0.2, 0) is 4.79 Å². The van der Waals surface area contributed by atoms with Crippen LogP contribution < -0.4 is 11.1 Å². The molecule has 0 saturated carbocycles. The number of hydrogen-bond donors (Lipinski definition) is 3. The maximum atomic E-state index is 12.8. The van der Waals surface area contributed by atoms with E-state index >= 15 is 0 Å². The predicted molar refractivity (Wildman–Crippen MR) is 130 cm³/mol. The van der Waals surface area contributed by atoms with Gasteiger partial charge in [-0.05, 0) is 24.8 Å². The summed E-state index contributed by atoms with van der Waals surface area (Å²) < 4.78 is 0. The molecular formula is C26H39N3O3. The van der Waals surface area contributed by atoms with Gasteiger partial charge in [0.05, 0.1) is 11.8 Å². The molecule has 2 atom stereocenters. The zero-order valence-corrected chi connectivity index (χ0v) is 19.6. The van der Waals surface area contributed by atoms with Crippen LogP contribution in [0.1, 0.15) is 100 Å². The van der Waals surface area contributed by atoms with Crippen molar-refractivity contribution < 1.29 is 14.7 Å². The molecule has 0 aliphatic heterocycles. The normalized spacial score (nSPS) is 13.1. The van der Waals surface area contributed by atoms with Crippen LogP contribution in [0.3, 0.4) is 0 Å². The maximum Gasteiger partial charge on any atom is 0.267 e. The highest BCUT2D eigenvalue weighted by atomic mass is 16.3. The van der Waals surface area contributed by atoms with E-state index in [0.29, 0.717) is 17.6 Å². The zero-order chi connectivity index (χ0) is 23.3. The van der Waals surface area contributed by atoms with Crippen LogP contribution >= 0.6 is 0 Å². The number of carbonyl (C=O) groups is 2. The molecule has 1 aromatic carbocycles. The number of fused-ring (bicyclic) bond motifs is 1. The monoisotopic (exact) mass is 441 g/mol. The Hall–Kier alpha value is -2.47. The first-order valence-corrected chi connectivity index (χ1v) is 12.1. The molecule has 0 aliphatic rings. The molecule has 1 heterocycles. The molecule has 6 nitrogen and oxygen atoms in total. The van der Waals surface area contributed by atoms with Gasteiger partial charge in [0, 0.05) is 11.9 Å². The van der Waals surface area contributed by atoms with Crippen LogP contribution in [0.15, 0.2) is 30.3 Å². The lowest BCUT2D eigenvalue weighted by Crippen LogP contribution is -2.36. The molecule has 2 rings (SSSR count). The van der Waals surface area contributed by atoms with Crippen molar-refractivity contribution in [3.8, 4) is 0 Å². The van der Waals surface area contributed by atoms with Gasteiger partial charge in [-0.25, -0.2) is 4.98 Å². The van der Waals surface area contributed by atoms with E-state index in [1.165, 1.54) is 51.4 Å². The van der Waals surface area contributed by atoms with Gasteiger partial charge in [-0.2, -0.15) is 0 Å². The Kier molecular flexibility index (Phi) is 11.2. The SMILES string of the molecule is CCCCCCCCCCCCNC(=O)[C@@H](c1cc2ccccc2c(C(N)=O)n1)[C@@H](C)O. The summed E-state index contributed by atoms with van der Waals surface area (Å²) in [7, 11) is 0. The molecule has 32 heavy (non-hydrogen) atoms. The van der Waals surface area contributed by atoms with E-state index in [1.54, 1.807) is 25.1 Å². The molecule has 0 bridgehead atoms. The fourth-order valence-corrected chi connectivity index (χ4v) is 4.10. The summed E-state index contributed by atoms with van der Waals surface area (Å²) in [5.41, 5.74) is 5.99. The van der Waals surface area contributed by atoms with Gasteiger partial charge in [0.15, 0.2) is 0 Å². The van der Waals surface area contributed by atoms with E-state index in [4.69, 9.17) is 5.73 Å². The summed E-state index contributed by atoms with van der Waals surface area (Å²) in [6.07, 6.45) is 11.4. The Balaban J connectivity index is 1.86. The summed E-state index contributed by atoms with van der Waals surface area (Å²) in [6.45, 7) is 4.36. The summed E-state index contributed by atoms with van der Waals surface area (Å²) >= 11 is 0. The van der Waals surface area contributed by atoms with Crippen molar-refractivity contribution in [3.05, 3.63) is 41.7 Å². The molecule has 0 spiro atoms. The van der Waals surface area contributed by atoms with Crippen molar-refractivity contribution in [1.82, 2.24) is 10.3 Å². The van der Waals surface area contributed by atoms with E-state index in [2.05, 4.69) is 17.2 Å². The molecule has 0 saturated heterocycles. The molecule has 6 heteroatoms. The van der Waals surface area contributed by atoms with Gasteiger partial charge in [-0.3, -0.25) is 9.59 Å². The molecule has 0 unspecified atom stereocenters. The Morgan fingerprint density at radius 1 is 1.00 bits per heavy atom. The lowest BCUT2D eigenvalue weighted by Gasteiger charge is -2.20. The number of nitrogens with one attached hydrogen (secondary N) is 1. The average molecular weight is 442 g/mol. The van der Waals surface area contributed by atoms with E-state index in [-0.39, 0.29) is 11.6 Å². The average Bonchev–Trinajstić information content (AvgIpc) is 2.76. The fraction of sp³-hybridized carbons (Fsp3) is 0.577. The van der Waals surface area contributed by atoms with Crippen LogP contribution in [-0.4, -0.2) is 34.6 Å². The van der Waals surface area contributed by atoms with E-state index in [9.17, 15) is 14.7 Å². The van der Waals surface area contributed by atoms with Gasteiger partial charge >= 0.3 is 0 Å². The first-order chi connectivity index (χ1) is 15.5. The van der Waals surface area contributed by atoms with Crippen LogP contribution in [0.5, 0.6) is 0 Å². The quantitative estimate of drug-likeness (QED) is 0.344. The summed E-state index contributed by atoms with van der Waals surface area (Å²) in [5.74, 6) is -1.80. The second-order valence-electron chi connectivity index (χ2n) is 8.67. The molecular weight excluding hydrogens is 402 g/mol. The molecule has 176 valence electrons. The fourth-order valence-electron chi connectivity index (χ4n) is 4.10. The third-order valence-electron chi connectivity index (χ3n) is 5.91. The molecule has 0 radical (unpaired) electrons. The number of unbranched alkanes of at least 4 members (excludes halogenated alkanes) is 9. The Bertz CT molecular complexity index is 867. The standard InChI is InChI=1S/C26H39N3O3/c1-3-4-5-6-7-8-9-10-11-14-17-28-26(32)23(19(2)30)22-18-20-15-12-13-16-21(20)24(29-22)25(27)31/h12-13,15-16,18-19,23,30H,3-11,14,17H2,1-2H3,(H2,27,31)(H,28,32)/t19-,23-/m1/s1. The van der Waals surface area contributed by atoms with Crippen LogP contribution in [0, 0.1) is 0 Å². The number of primary amides is 1. The largest absolute Gasteiger partial charge is 0.392 e. The molecule has 2 aromatic rings. The predicted octanol–water partition coefficient (Wildman–Crippen LogP) is 4.84. The highest BCUT2D eigenvalue weighted by Gasteiger charge is 2.28. The van der Waals surface area contributed by atoms with Crippen LogP contribution in [0.25, 0.3) is 10.8 Å². The second-order valence-corrected chi connectivity index (χ2v) is 8.67. The van der Waals surface area contributed by atoms with Gasteiger partial charge in [0.2, 0.25) is 5.91 Å². The number of benzene rings is 1. The number of aliphatic hydroxyl groups excluding tert-OH is 1. The van der Waals surface area contributed by atoms with Crippen molar-refractivity contribution in [1.29, 1.82) is 0 Å². The van der Waals surface area contributed by atoms with Crippen molar-refractivity contribution in [2.75, 3.05) is 6.54 Å². The molecule has 4 N–H and O–H groups in total. The van der Waals surface area contributed by atoms with Crippen molar-refractivity contribution in [3.63, 3.8) is 0 Å². The molecule has 2 amide bonds. The van der Waals surface area contributed by atoms with Crippen molar-refractivity contribution >= 4 is 22.6 Å². The zero-order valence-electron chi connectivity index (χ0n) is 19.6. The lowest BCUT2D eigenvalue weighted by atomic mass is 9.95. The Morgan fingerprint density at radius 3 is 2.19 bits per heavy atom. The van der Waals surface area contributed by atoms with Gasteiger partial charge in [-0.1, -0.05) is 89.0 Å². The Morgan fingerprint density at radius 2 is 1.59 bits per heavy atom. The third kappa shape index (κ3) is 7.90. The summed E-state index contributed by atoms with van der Waals surface area (Å²) in [4.78, 5) is 29.1.